The monoisotopic (exact) mass is 614 g/mol. The highest BCUT2D eigenvalue weighted by molar-refractivity contribution is 7.53. The number of methoxy groups -OCH3 is 1. The van der Waals surface area contributed by atoms with Crippen molar-refractivity contribution in [3.8, 4) is 5.75 Å². The van der Waals surface area contributed by atoms with Gasteiger partial charge >= 0.3 is 7.60 Å². The molecule has 2 N–H and O–H groups in total. The smallest absolute Gasteiger partial charge is 0.330 e. The molecule has 1 aliphatic rings. The van der Waals surface area contributed by atoms with Crippen molar-refractivity contribution >= 4 is 19.3 Å². The lowest BCUT2D eigenvalue weighted by Gasteiger charge is -2.40. The predicted molar refractivity (Wildman–Crippen MR) is 149 cm³/mol. The molecule has 2 aromatic rings. The van der Waals surface area contributed by atoms with E-state index in [1.807, 2.05) is 0 Å². The van der Waals surface area contributed by atoms with Gasteiger partial charge in [0.25, 0.3) is 5.91 Å². The van der Waals surface area contributed by atoms with Gasteiger partial charge in [0.05, 0.1) is 37.4 Å². The van der Waals surface area contributed by atoms with Crippen molar-refractivity contribution in [2.45, 2.75) is 52.8 Å². The topological polar surface area (TPSA) is 142 Å². The van der Waals surface area contributed by atoms with Crippen molar-refractivity contribution in [3.05, 3.63) is 63.1 Å². The highest BCUT2D eigenvalue weighted by Gasteiger charge is 2.48. The standard InChI is InChI=1S/C28H37F2N2O9P/c1-5-40-42(37,41-6-2)13-7-11-39-12-10-28(3)22(38-4)17-32-16-20(24(33)25(34)23(32)26(28)35)27(36)31-15-18-8-9-19(29)14-21(18)30/h8-9,14,16,22,34H,5-7,10-13,15,17H2,1-4H3,(H,31,36). The molecule has 2 heterocycles. The molecule has 1 amide bonds. The lowest BCUT2D eigenvalue weighted by Crippen LogP contribution is -2.50. The van der Waals surface area contributed by atoms with E-state index in [2.05, 4.69) is 5.32 Å². The molecule has 1 aromatic carbocycles. The number of rotatable bonds is 15. The Bertz CT molecular complexity index is 1390. The minimum Gasteiger partial charge on any atom is -0.503 e. The Morgan fingerprint density at radius 2 is 1.88 bits per heavy atom. The van der Waals surface area contributed by atoms with Crippen molar-refractivity contribution < 1.29 is 46.6 Å². The number of carbonyl (C=O) groups excluding carboxylic acids is 2. The van der Waals surface area contributed by atoms with Crippen molar-refractivity contribution in [1.29, 1.82) is 0 Å². The number of carbonyl (C=O) groups is 2. The molecule has 2 unspecified atom stereocenters. The van der Waals surface area contributed by atoms with Crippen LogP contribution < -0.4 is 10.7 Å². The van der Waals surface area contributed by atoms with Gasteiger partial charge in [0.1, 0.15) is 22.9 Å². The van der Waals surface area contributed by atoms with E-state index >= 15 is 0 Å². The van der Waals surface area contributed by atoms with Crippen LogP contribution in [0.5, 0.6) is 5.75 Å². The maximum Gasteiger partial charge on any atom is 0.330 e. The molecule has 3 rings (SSSR count). The molecule has 11 nitrogen and oxygen atoms in total. The number of Topliss-reactive ketones (excluding diaryl/α,β-unsaturated/α-hetero) is 1. The Kier molecular flexibility index (Phi) is 11.6. The third kappa shape index (κ3) is 7.51. The van der Waals surface area contributed by atoms with Gasteiger partial charge in [-0.15, -0.1) is 0 Å². The fourth-order valence-corrected chi connectivity index (χ4v) is 6.48. The predicted octanol–water partition coefficient (Wildman–Crippen LogP) is 4.04. The Morgan fingerprint density at radius 1 is 1.19 bits per heavy atom. The summed E-state index contributed by atoms with van der Waals surface area (Å²) < 4.78 is 62.8. The Hall–Kier alpha value is -2.96. The summed E-state index contributed by atoms with van der Waals surface area (Å²) in [6.07, 6.45) is 1.25. The van der Waals surface area contributed by atoms with Gasteiger partial charge in [-0.2, -0.15) is 0 Å². The van der Waals surface area contributed by atoms with Crippen LogP contribution in [0.15, 0.2) is 29.2 Å². The van der Waals surface area contributed by atoms with Crippen LogP contribution in [0.3, 0.4) is 0 Å². The molecule has 14 heteroatoms. The highest BCUT2D eigenvalue weighted by atomic mass is 31.2. The number of pyridine rings is 1. The van der Waals surface area contributed by atoms with E-state index in [0.29, 0.717) is 12.5 Å². The Labute approximate surface area is 242 Å². The van der Waals surface area contributed by atoms with Crippen LogP contribution in [0.4, 0.5) is 8.78 Å². The summed E-state index contributed by atoms with van der Waals surface area (Å²) in [5.74, 6) is -3.99. The first-order chi connectivity index (χ1) is 19.9. The van der Waals surface area contributed by atoms with Crippen molar-refractivity contribution in [3.63, 3.8) is 0 Å². The van der Waals surface area contributed by atoms with Gasteiger partial charge in [0.15, 0.2) is 11.5 Å². The van der Waals surface area contributed by atoms with Crippen molar-refractivity contribution in [2.24, 2.45) is 5.41 Å². The SMILES string of the molecule is CCOP(=O)(CCCOCCC1(C)C(=O)c2c(O)c(=O)c(C(=O)NCc3ccc(F)cc3F)cn2CC1OC)OCC. The number of hydrogen-bond donors (Lipinski definition) is 2. The number of halogens is 2. The van der Waals surface area contributed by atoms with E-state index in [1.165, 1.54) is 11.7 Å². The van der Waals surface area contributed by atoms with Crippen molar-refractivity contribution in [2.75, 3.05) is 39.7 Å². The zero-order valence-corrected chi connectivity index (χ0v) is 25.0. The number of benzene rings is 1. The molecule has 0 saturated heterocycles. The largest absolute Gasteiger partial charge is 0.503 e. The first-order valence-electron chi connectivity index (χ1n) is 13.6. The number of amides is 1. The molecular weight excluding hydrogens is 577 g/mol. The molecule has 1 aliphatic heterocycles. The van der Waals surface area contributed by atoms with Gasteiger partial charge in [-0.25, -0.2) is 8.78 Å². The van der Waals surface area contributed by atoms with Gasteiger partial charge in [0.2, 0.25) is 5.43 Å². The van der Waals surface area contributed by atoms with Crippen LogP contribution in [0.25, 0.3) is 0 Å². The number of ketones is 1. The normalized spacial score (nSPS) is 18.6. The molecule has 0 saturated carbocycles. The molecule has 0 fully saturated rings. The first-order valence-corrected chi connectivity index (χ1v) is 15.4. The molecule has 0 spiro atoms. The lowest BCUT2D eigenvalue weighted by atomic mass is 9.73. The Morgan fingerprint density at radius 3 is 2.50 bits per heavy atom. The highest BCUT2D eigenvalue weighted by Crippen LogP contribution is 2.48. The third-order valence-electron chi connectivity index (χ3n) is 7.18. The number of nitrogens with one attached hydrogen (secondary N) is 1. The van der Waals surface area contributed by atoms with E-state index in [-0.39, 0.29) is 63.4 Å². The van der Waals surface area contributed by atoms with Gasteiger partial charge in [-0.05, 0) is 39.7 Å². The summed E-state index contributed by atoms with van der Waals surface area (Å²) in [7, 11) is -1.76. The third-order valence-corrected chi connectivity index (χ3v) is 9.35. The second-order valence-electron chi connectivity index (χ2n) is 10.00. The lowest BCUT2D eigenvalue weighted by molar-refractivity contribution is -0.0292. The fourth-order valence-electron chi connectivity index (χ4n) is 4.84. The van der Waals surface area contributed by atoms with Gasteiger partial charge in [-0.1, -0.05) is 6.07 Å². The Balaban J connectivity index is 1.70. The van der Waals surface area contributed by atoms with Gasteiger partial charge in [0, 0.05) is 44.7 Å². The average molecular weight is 615 g/mol. The van der Waals surface area contributed by atoms with Crippen LogP contribution in [-0.2, 0) is 36.2 Å². The summed E-state index contributed by atoms with van der Waals surface area (Å²) in [5.41, 5.74) is -2.95. The summed E-state index contributed by atoms with van der Waals surface area (Å²) in [6, 6.07) is 2.86. The average Bonchev–Trinajstić information content (AvgIpc) is 2.94. The summed E-state index contributed by atoms with van der Waals surface area (Å²) >= 11 is 0. The molecule has 0 radical (unpaired) electrons. The molecule has 0 bridgehead atoms. The van der Waals surface area contributed by atoms with E-state index in [4.69, 9.17) is 18.5 Å². The summed E-state index contributed by atoms with van der Waals surface area (Å²) in [4.78, 5) is 39.3. The number of hydrogen-bond acceptors (Lipinski definition) is 9. The van der Waals surface area contributed by atoms with Crippen LogP contribution in [0, 0.1) is 17.0 Å². The van der Waals surface area contributed by atoms with E-state index in [1.54, 1.807) is 20.8 Å². The molecular formula is C28H37F2N2O9P. The summed E-state index contributed by atoms with van der Waals surface area (Å²) in [5, 5.41) is 13.1. The van der Waals surface area contributed by atoms with Gasteiger partial charge in [-0.3, -0.25) is 18.9 Å². The van der Waals surface area contributed by atoms with E-state index in [0.717, 1.165) is 18.3 Å². The molecule has 1 aromatic heterocycles. The number of aromatic nitrogens is 1. The van der Waals surface area contributed by atoms with Crippen LogP contribution in [0.1, 0.15) is 60.0 Å². The second kappa shape index (κ2) is 14.5. The first kappa shape index (κ1) is 33.5. The van der Waals surface area contributed by atoms with Crippen LogP contribution in [0.2, 0.25) is 0 Å². The molecule has 0 aliphatic carbocycles. The molecule has 42 heavy (non-hydrogen) atoms. The fraction of sp³-hybridized carbons (Fsp3) is 0.536. The van der Waals surface area contributed by atoms with Crippen LogP contribution >= 0.6 is 7.60 Å². The number of fused-ring (bicyclic) bond motifs is 1. The number of aromatic hydroxyl groups is 1. The van der Waals surface area contributed by atoms with Gasteiger partial charge < -0.3 is 33.5 Å². The molecule has 232 valence electrons. The maximum absolute atomic E-state index is 13.9. The zero-order chi connectivity index (χ0) is 31.1. The quantitative estimate of drug-likeness (QED) is 0.225. The maximum atomic E-state index is 13.9. The number of ether oxygens (including phenoxy) is 2. The second-order valence-corrected chi connectivity index (χ2v) is 12.2. The van der Waals surface area contributed by atoms with E-state index < -0.39 is 59.2 Å². The molecule has 2 atom stereocenters. The summed E-state index contributed by atoms with van der Waals surface area (Å²) in [6.45, 7) is 5.72. The zero-order valence-electron chi connectivity index (χ0n) is 24.1. The minimum absolute atomic E-state index is 0.00255. The minimum atomic E-state index is -3.19. The van der Waals surface area contributed by atoms with E-state index in [9.17, 15) is 32.8 Å². The number of nitrogens with zero attached hydrogens (tertiary/aromatic N) is 1. The van der Waals surface area contributed by atoms with Crippen LogP contribution in [-0.4, -0.2) is 67.2 Å². The van der Waals surface area contributed by atoms with Crippen molar-refractivity contribution in [1.82, 2.24) is 9.88 Å².